The lowest BCUT2D eigenvalue weighted by atomic mass is 9.71. The van der Waals surface area contributed by atoms with Crippen molar-refractivity contribution in [3.05, 3.63) is 0 Å². The Morgan fingerprint density at radius 1 is 1.24 bits per heavy atom. The Morgan fingerprint density at radius 3 is 2.35 bits per heavy atom. The molecule has 2 rings (SSSR count). The summed E-state index contributed by atoms with van der Waals surface area (Å²) < 4.78 is 5.69. The van der Waals surface area contributed by atoms with Crippen molar-refractivity contribution in [2.24, 2.45) is 11.7 Å². The maximum absolute atomic E-state index is 6.03. The minimum Gasteiger partial charge on any atom is -0.378 e. The Balaban J connectivity index is 1.84. The van der Waals surface area contributed by atoms with Gasteiger partial charge >= 0.3 is 0 Å². The van der Waals surface area contributed by atoms with Gasteiger partial charge in [-0.2, -0.15) is 0 Å². The zero-order chi connectivity index (χ0) is 12.3. The van der Waals surface area contributed by atoms with Crippen molar-refractivity contribution >= 4 is 0 Å². The van der Waals surface area contributed by atoms with Crippen LogP contribution in [0, 0.1) is 5.92 Å². The van der Waals surface area contributed by atoms with Crippen LogP contribution in [0.3, 0.4) is 0 Å². The standard InChI is InChI=1S/C14H28N2O/c1-3-12-5-7-16(8-6-12)14(11-15)9-13(10-14)17-4-2/h12-13H,3-11,15H2,1-2H3. The largest absolute Gasteiger partial charge is 0.378 e. The summed E-state index contributed by atoms with van der Waals surface area (Å²) in [7, 11) is 0. The number of ether oxygens (including phenoxy) is 1. The second-order valence-corrected chi connectivity index (χ2v) is 5.75. The summed E-state index contributed by atoms with van der Waals surface area (Å²) in [5.41, 5.74) is 6.30. The van der Waals surface area contributed by atoms with Crippen molar-refractivity contribution in [2.45, 2.75) is 57.6 Å². The molecular formula is C14H28N2O. The Morgan fingerprint density at radius 2 is 1.88 bits per heavy atom. The predicted molar refractivity (Wildman–Crippen MR) is 71.0 cm³/mol. The minimum absolute atomic E-state index is 0.276. The molecule has 0 spiro atoms. The average Bonchev–Trinajstić information content (AvgIpc) is 2.34. The van der Waals surface area contributed by atoms with E-state index >= 15 is 0 Å². The van der Waals surface area contributed by atoms with E-state index < -0.39 is 0 Å². The van der Waals surface area contributed by atoms with Crippen molar-refractivity contribution in [3.8, 4) is 0 Å². The van der Waals surface area contributed by atoms with Gasteiger partial charge in [-0.1, -0.05) is 13.3 Å². The Bertz CT molecular complexity index is 230. The molecule has 2 N–H and O–H groups in total. The van der Waals surface area contributed by atoms with E-state index in [-0.39, 0.29) is 5.54 Å². The van der Waals surface area contributed by atoms with Gasteiger partial charge in [0.05, 0.1) is 6.10 Å². The fraction of sp³-hybridized carbons (Fsp3) is 1.00. The Kier molecular flexibility index (Phi) is 4.45. The van der Waals surface area contributed by atoms with Gasteiger partial charge in [-0.05, 0) is 51.6 Å². The molecule has 0 bridgehead atoms. The van der Waals surface area contributed by atoms with Crippen molar-refractivity contribution in [2.75, 3.05) is 26.2 Å². The van der Waals surface area contributed by atoms with Crippen LogP contribution in [0.15, 0.2) is 0 Å². The maximum Gasteiger partial charge on any atom is 0.0611 e. The normalized spacial score (nSPS) is 35.8. The van der Waals surface area contributed by atoms with Crippen molar-refractivity contribution in [1.82, 2.24) is 4.90 Å². The summed E-state index contributed by atoms with van der Waals surface area (Å²) >= 11 is 0. The fourth-order valence-electron chi connectivity index (χ4n) is 3.51. The smallest absolute Gasteiger partial charge is 0.0611 e. The zero-order valence-corrected chi connectivity index (χ0v) is 11.5. The Hall–Kier alpha value is -0.120. The number of likely N-dealkylation sites (tertiary alicyclic amines) is 1. The molecule has 2 fully saturated rings. The van der Waals surface area contributed by atoms with E-state index in [2.05, 4.69) is 18.7 Å². The quantitative estimate of drug-likeness (QED) is 0.799. The summed E-state index contributed by atoms with van der Waals surface area (Å²) in [4.78, 5) is 2.65. The minimum atomic E-state index is 0.276. The number of hydrogen-bond acceptors (Lipinski definition) is 3. The van der Waals surface area contributed by atoms with Crippen LogP contribution in [0.1, 0.15) is 46.0 Å². The molecule has 1 heterocycles. The van der Waals surface area contributed by atoms with Crippen LogP contribution in [0.25, 0.3) is 0 Å². The van der Waals surface area contributed by atoms with Gasteiger partial charge in [0, 0.05) is 18.7 Å². The summed E-state index contributed by atoms with van der Waals surface area (Å²) in [5, 5.41) is 0. The molecule has 0 atom stereocenters. The molecule has 100 valence electrons. The number of hydrogen-bond donors (Lipinski definition) is 1. The van der Waals surface area contributed by atoms with E-state index in [1.165, 1.54) is 32.4 Å². The highest BCUT2D eigenvalue weighted by Crippen LogP contribution is 2.41. The summed E-state index contributed by atoms with van der Waals surface area (Å²) in [5.74, 6) is 0.948. The van der Waals surface area contributed by atoms with Gasteiger partial charge in [-0.25, -0.2) is 0 Å². The molecule has 0 aromatic carbocycles. The lowest BCUT2D eigenvalue weighted by molar-refractivity contribution is -0.108. The molecule has 0 aromatic heterocycles. The second-order valence-electron chi connectivity index (χ2n) is 5.75. The highest BCUT2D eigenvalue weighted by atomic mass is 16.5. The van der Waals surface area contributed by atoms with Gasteiger partial charge in [0.2, 0.25) is 0 Å². The first-order valence-electron chi connectivity index (χ1n) is 7.30. The number of nitrogens with zero attached hydrogens (tertiary/aromatic N) is 1. The van der Waals surface area contributed by atoms with Gasteiger partial charge in [0.25, 0.3) is 0 Å². The van der Waals surface area contributed by atoms with Gasteiger partial charge in [0.1, 0.15) is 0 Å². The molecule has 1 aliphatic heterocycles. The van der Waals surface area contributed by atoms with Gasteiger partial charge < -0.3 is 10.5 Å². The summed E-state index contributed by atoms with van der Waals surface area (Å²) in [6.07, 6.45) is 6.81. The Labute approximate surface area is 106 Å². The molecule has 1 aliphatic carbocycles. The van der Waals surface area contributed by atoms with Crippen LogP contribution in [0.2, 0.25) is 0 Å². The second kappa shape index (κ2) is 5.68. The van der Waals surface area contributed by atoms with Crippen LogP contribution >= 0.6 is 0 Å². The van der Waals surface area contributed by atoms with Crippen LogP contribution in [-0.4, -0.2) is 42.8 Å². The molecule has 0 radical (unpaired) electrons. The van der Waals surface area contributed by atoms with E-state index in [0.717, 1.165) is 31.9 Å². The predicted octanol–water partition coefficient (Wildman–Crippen LogP) is 2.00. The lowest BCUT2D eigenvalue weighted by Crippen LogP contribution is -2.65. The molecule has 3 heteroatoms. The molecule has 0 amide bonds. The third-order valence-corrected chi connectivity index (χ3v) is 4.86. The summed E-state index contributed by atoms with van der Waals surface area (Å²) in [6.45, 7) is 8.52. The SMILES string of the molecule is CCOC1CC(CN)(N2CCC(CC)CC2)C1. The van der Waals surface area contributed by atoms with Crippen LogP contribution in [-0.2, 0) is 4.74 Å². The van der Waals surface area contributed by atoms with Crippen LogP contribution < -0.4 is 5.73 Å². The molecular weight excluding hydrogens is 212 g/mol. The first-order chi connectivity index (χ1) is 8.24. The van der Waals surface area contributed by atoms with Crippen LogP contribution in [0.5, 0.6) is 0 Å². The van der Waals surface area contributed by atoms with Gasteiger partial charge in [-0.3, -0.25) is 4.90 Å². The molecule has 17 heavy (non-hydrogen) atoms. The molecule has 2 aliphatic rings. The molecule has 0 aromatic rings. The van der Waals surface area contributed by atoms with E-state index in [9.17, 15) is 0 Å². The number of rotatable bonds is 5. The highest BCUT2D eigenvalue weighted by molar-refractivity contribution is 5.05. The lowest BCUT2D eigenvalue weighted by Gasteiger charge is -2.55. The monoisotopic (exact) mass is 240 g/mol. The first kappa shape index (κ1) is 13.3. The zero-order valence-electron chi connectivity index (χ0n) is 11.5. The number of piperidine rings is 1. The van der Waals surface area contributed by atoms with E-state index in [4.69, 9.17) is 10.5 Å². The van der Waals surface area contributed by atoms with Crippen molar-refractivity contribution in [1.29, 1.82) is 0 Å². The maximum atomic E-state index is 6.03. The van der Waals surface area contributed by atoms with Crippen molar-refractivity contribution < 1.29 is 4.74 Å². The first-order valence-corrected chi connectivity index (χ1v) is 7.30. The van der Waals surface area contributed by atoms with Crippen molar-refractivity contribution in [3.63, 3.8) is 0 Å². The topological polar surface area (TPSA) is 38.5 Å². The molecule has 1 saturated heterocycles. The van der Waals surface area contributed by atoms with Crippen LogP contribution in [0.4, 0.5) is 0 Å². The van der Waals surface area contributed by atoms with E-state index in [0.29, 0.717) is 6.10 Å². The molecule has 0 unspecified atom stereocenters. The van der Waals surface area contributed by atoms with E-state index in [1.807, 2.05) is 0 Å². The third-order valence-electron chi connectivity index (χ3n) is 4.86. The van der Waals surface area contributed by atoms with Gasteiger partial charge in [-0.15, -0.1) is 0 Å². The summed E-state index contributed by atoms with van der Waals surface area (Å²) in [6, 6.07) is 0. The highest BCUT2D eigenvalue weighted by Gasteiger charge is 2.48. The third kappa shape index (κ3) is 2.67. The molecule has 1 saturated carbocycles. The van der Waals surface area contributed by atoms with Gasteiger partial charge in [0.15, 0.2) is 0 Å². The fourth-order valence-corrected chi connectivity index (χ4v) is 3.51. The molecule has 3 nitrogen and oxygen atoms in total. The van der Waals surface area contributed by atoms with E-state index in [1.54, 1.807) is 0 Å². The number of nitrogens with two attached hydrogens (primary N) is 1. The average molecular weight is 240 g/mol.